The van der Waals surface area contributed by atoms with Crippen LogP contribution in [0.4, 0.5) is 0 Å². The van der Waals surface area contributed by atoms with Gasteiger partial charge < -0.3 is 0 Å². The molecule has 1 aromatic heterocycles. The van der Waals surface area contributed by atoms with Crippen LogP contribution < -0.4 is 0 Å². The SMILES string of the molecule is O=C(CS(=O)(=O)c1cccs1)c1ccc(Cl)c(Cl)c1. The zero-order chi connectivity index (χ0) is 14.0. The molecular formula is C12H8Cl2O3S2. The van der Waals surface area contributed by atoms with Crippen LogP contribution >= 0.6 is 34.5 Å². The number of sulfone groups is 1. The average molecular weight is 335 g/mol. The third-order valence-electron chi connectivity index (χ3n) is 2.36. The number of carbonyl (C=O) groups excluding carboxylic acids is 1. The maximum Gasteiger partial charge on any atom is 0.195 e. The Bertz CT molecular complexity index is 707. The molecule has 0 aliphatic carbocycles. The van der Waals surface area contributed by atoms with Gasteiger partial charge in [0.05, 0.1) is 10.0 Å². The van der Waals surface area contributed by atoms with E-state index >= 15 is 0 Å². The number of benzene rings is 1. The molecule has 0 saturated heterocycles. The first-order valence-corrected chi connectivity index (χ1v) is 8.43. The number of thiophene rings is 1. The summed E-state index contributed by atoms with van der Waals surface area (Å²) in [5.41, 5.74) is 0.231. The van der Waals surface area contributed by atoms with Gasteiger partial charge in [-0.05, 0) is 29.6 Å². The van der Waals surface area contributed by atoms with Crippen LogP contribution in [0.5, 0.6) is 0 Å². The van der Waals surface area contributed by atoms with Crippen molar-refractivity contribution in [2.75, 3.05) is 5.75 Å². The van der Waals surface area contributed by atoms with Gasteiger partial charge in [-0.2, -0.15) is 0 Å². The van der Waals surface area contributed by atoms with Gasteiger partial charge in [-0.15, -0.1) is 11.3 Å². The maximum atomic E-state index is 12.0. The molecule has 0 amide bonds. The molecule has 0 N–H and O–H groups in total. The van der Waals surface area contributed by atoms with Crippen molar-refractivity contribution in [2.24, 2.45) is 0 Å². The molecule has 0 fully saturated rings. The van der Waals surface area contributed by atoms with Crippen LogP contribution in [0.1, 0.15) is 10.4 Å². The second-order valence-corrected chi connectivity index (χ2v) is 7.72. The first kappa shape index (κ1) is 14.5. The number of hydrogen-bond acceptors (Lipinski definition) is 4. The molecule has 0 unspecified atom stereocenters. The zero-order valence-corrected chi connectivity index (χ0v) is 12.6. The number of rotatable bonds is 4. The van der Waals surface area contributed by atoms with Crippen molar-refractivity contribution >= 4 is 50.2 Å². The summed E-state index contributed by atoms with van der Waals surface area (Å²) < 4.78 is 24.1. The van der Waals surface area contributed by atoms with Crippen molar-refractivity contribution in [1.29, 1.82) is 0 Å². The van der Waals surface area contributed by atoms with Gasteiger partial charge in [-0.1, -0.05) is 29.3 Å². The van der Waals surface area contributed by atoms with E-state index in [0.717, 1.165) is 11.3 Å². The molecule has 0 aliphatic heterocycles. The Hall–Kier alpha value is -0.880. The molecule has 1 heterocycles. The van der Waals surface area contributed by atoms with Gasteiger partial charge in [-0.25, -0.2) is 8.42 Å². The monoisotopic (exact) mass is 334 g/mol. The highest BCUT2D eigenvalue weighted by Crippen LogP contribution is 2.24. The lowest BCUT2D eigenvalue weighted by Crippen LogP contribution is -2.15. The van der Waals surface area contributed by atoms with E-state index < -0.39 is 21.4 Å². The van der Waals surface area contributed by atoms with Crippen LogP contribution in [0.2, 0.25) is 10.0 Å². The Morgan fingerprint density at radius 3 is 2.47 bits per heavy atom. The number of carbonyl (C=O) groups is 1. The second kappa shape index (κ2) is 5.63. The molecule has 0 spiro atoms. The van der Waals surface area contributed by atoms with Crippen molar-refractivity contribution in [1.82, 2.24) is 0 Å². The van der Waals surface area contributed by atoms with Gasteiger partial charge in [0, 0.05) is 5.56 Å². The highest BCUT2D eigenvalue weighted by atomic mass is 35.5. The summed E-state index contributed by atoms with van der Waals surface area (Å²) in [5.74, 6) is -1.09. The molecule has 0 aliphatic rings. The topological polar surface area (TPSA) is 51.2 Å². The normalized spacial score (nSPS) is 11.5. The highest BCUT2D eigenvalue weighted by Gasteiger charge is 2.21. The lowest BCUT2D eigenvalue weighted by atomic mass is 10.1. The smallest absolute Gasteiger partial charge is 0.195 e. The lowest BCUT2D eigenvalue weighted by molar-refractivity contribution is 0.102. The van der Waals surface area contributed by atoms with Crippen LogP contribution in [0, 0.1) is 0 Å². The minimum absolute atomic E-state index is 0.181. The fourth-order valence-electron chi connectivity index (χ4n) is 1.44. The molecule has 3 nitrogen and oxygen atoms in total. The summed E-state index contributed by atoms with van der Waals surface area (Å²) in [6.45, 7) is 0. The molecular weight excluding hydrogens is 327 g/mol. The van der Waals surface area contributed by atoms with Crippen molar-refractivity contribution in [3.05, 3.63) is 51.3 Å². The number of hydrogen-bond donors (Lipinski definition) is 0. The van der Waals surface area contributed by atoms with Crippen LogP contribution in [-0.4, -0.2) is 20.0 Å². The van der Waals surface area contributed by atoms with Gasteiger partial charge >= 0.3 is 0 Å². The molecule has 1 aromatic carbocycles. The van der Waals surface area contributed by atoms with E-state index in [1.54, 1.807) is 11.4 Å². The molecule has 19 heavy (non-hydrogen) atoms. The summed E-state index contributed by atoms with van der Waals surface area (Å²) in [6.07, 6.45) is 0. The Kier molecular flexibility index (Phi) is 4.30. The summed E-state index contributed by atoms with van der Waals surface area (Å²) in [7, 11) is -3.59. The van der Waals surface area contributed by atoms with Crippen molar-refractivity contribution in [2.45, 2.75) is 4.21 Å². The van der Waals surface area contributed by atoms with Crippen molar-refractivity contribution < 1.29 is 13.2 Å². The van der Waals surface area contributed by atoms with Crippen molar-refractivity contribution in [3.63, 3.8) is 0 Å². The first-order chi connectivity index (χ1) is 8.90. The third-order valence-corrected chi connectivity index (χ3v) is 6.21. The maximum absolute atomic E-state index is 12.0. The predicted octanol–water partition coefficient (Wildman–Crippen LogP) is 3.71. The summed E-state index contributed by atoms with van der Waals surface area (Å²) in [6, 6.07) is 7.40. The Labute approximate surface area is 124 Å². The minimum Gasteiger partial charge on any atom is -0.293 e. The Balaban J connectivity index is 2.24. The third kappa shape index (κ3) is 3.36. The number of halogens is 2. The van der Waals surface area contributed by atoms with Crippen molar-refractivity contribution in [3.8, 4) is 0 Å². The number of ketones is 1. The van der Waals surface area contributed by atoms with E-state index in [1.807, 2.05) is 0 Å². The van der Waals surface area contributed by atoms with Gasteiger partial charge in [0.15, 0.2) is 15.6 Å². The van der Waals surface area contributed by atoms with E-state index in [0.29, 0.717) is 5.02 Å². The minimum atomic E-state index is -3.59. The zero-order valence-electron chi connectivity index (χ0n) is 9.47. The average Bonchev–Trinajstić information content (AvgIpc) is 2.86. The van der Waals surface area contributed by atoms with E-state index in [2.05, 4.69) is 0 Å². The largest absolute Gasteiger partial charge is 0.293 e. The quantitative estimate of drug-likeness (QED) is 0.801. The summed E-state index contributed by atoms with van der Waals surface area (Å²) >= 11 is 12.6. The van der Waals surface area contributed by atoms with Crippen LogP contribution in [0.15, 0.2) is 39.9 Å². The van der Waals surface area contributed by atoms with Crippen LogP contribution in [0.3, 0.4) is 0 Å². The van der Waals surface area contributed by atoms with Gasteiger partial charge in [0.1, 0.15) is 9.96 Å². The fourth-order valence-corrected chi connectivity index (χ4v) is 4.05. The molecule has 0 bridgehead atoms. The molecule has 2 rings (SSSR count). The summed E-state index contributed by atoms with van der Waals surface area (Å²) in [4.78, 5) is 11.9. The van der Waals surface area contributed by atoms with Crippen LogP contribution in [-0.2, 0) is 9.84 Å². The van der Waals surface area contributed by atoms with E-state index in [1.165, 1.54) is 24.3 Å². The van der Waals surface area contributed by atoms with Gasteiger partial charge in [-0.3, -0.25) is 4.79 Å². The van der Waals surface area contributed by atoms with E-state index in [-0.39, 0.29) is 14.8 Å². The van der Waals surface area contributed by atoms with Gasteiger partial charge in [0.2, 0.25) is 0 Å². The number of Topliss-reactive ketones (excluding diaryl/α,β-unsaturated/α-hetero) is 1. The Morgan fingerprint density at radius 2 is 1.89 bits per heavy atom. The van der Waals surface area contributed by atoms with Gasteiger partial charge in [0.25, 0.3) is 0 Å². The second-order valence-electron chi connectivity index (χ2n) is 3.74. The lowest BCUT2D eigenvalue weighted by Gasteiger charge is -2.03. The molecule has 0 radical (unpaired) electrons. The standard InChI is InChI=1S/C12H8Cl2O3S2/c13-9-4-3-8(6-10(9)14)11(15)7-19(16,17)12-2-1-5-18-12/h1-6H,7H2. The Morgan fingerprint density at radius 1 is 1.16 bits per heavy atom. The molecule has 2 aromatic rings. The summed E-state index contributed by atoms with van der Waals surface area (Å²) in [5, 5.41) is 2.19. The highest BCUT2D eigenvalue weighted by molar-refractivity contribution is 7.94. The molecule has 7 heteroatoms. The molecule has 0 atom stereocenters. The van der Waals surface area contributed by atoms with Crippen LogP contribution in [0.25, 0.3) is 0 Å². The first-order valence-electron chi connectivity index (χ1n) is 5.14. The molecule has 0 saturated carbocycles. The van der Waals surface area contributed by atoms with E-state index in [9.17, 15) is 13.2 Å². The van der Waals surface area contributed by atoms with E-state index in [4.69, 9.17) is 23.2 Å². The fraction of sp³-hybridized carbons (Fsp3) is 0.0833. The molecule has 100 valence electrons. The predicted molar refractivity (Wildman–Crippen MR) is 77.2 cm³/mol.